The van der Waals surface area contributed by atoms with Gasteiger partial charge in [-0.25, -0.2) is 0 Å². The Bertz CT molecular complexity index is 1920. The van der Waals surface area contributed by atoms with Crippen LogP contribution in [-0.4, -0.2) is 77.8 Å². The first kappa shape index (κ1) is 40.2. The number of benzene rings is 3. The number of Topliss-reactive ketones (excluding diaryl/α,β-unsaturated/α-hetero) is 1. The minimum absolute atomic E-state index is 0.0497. The molecule has 10 heteroatoms. The SMILES string of the molecule is COc1cc(C(=O)C(=O)N(C)[C@@H](Cc2ccccc2)C(=O)N(Cc2ccccc2)C(CC(C)c2ccncc2)CC(C)c2ccncc2)cc(OC)c1OC. The molecular formula is C45H50N4O6. The van der Waals surface area contributed by atoms with Crippen LogP contribution in [-0.2, 0) is 22.6 Å². The molecule has 0 radical (unpaired) electrons. The Kier molecular flexibility index (Phi) is 14.1. The molecule has 0 spiro atoms. The van der Waals surface area contributed by atoms with E-state index in [1.54, 1.807) is 24.8 Å². The average molecular weight is 743 g/mol. The van der Waals surface area contributed by atoms with Crippen LogP contribution in [0.4, 0.5) is 0 Å². The predicted molar refractivity (Wildman–Crippen MR) is 212 cm³/mol. The zero-order valence-corrected chi connectivity index (χ0v) is 32.4. The van der Waals surface area contributed by atoms with Gasteiger partial charge < -0.3 is 24.0 Å². The number of ether oxygens (including phenoxy) is 3. The summed E-state index contributed by atoms with van der Waals surface area (Å²) in [6, 6.07) is 29.1. The van der Waals surface area contributed by atoms with E-state index < -0.39 is 17.7 Å². The van der Waals surface area contributed by atoms with Gasteiger partial charge in [-0.15, -0.1) is 0 Å². The molecule has 5 rings (SSSR count). The van der Waals surface area contributed by atoms with Gasteiger partial charge in [0.15, 0.2) is 11.5 Å². The molecule has 2 amide bonds. The molecule has 3 atom stereocenters. The van der Waals surface area contributed by atoms with E-state index in [1.807, 2.05) is 89.8 Å². The van der Waals surface area contributed by atoms with Gasteiger partial charge in [-0.3, -0.25) is 24.4 Å². The lowest BCUT2D eigenvalue weighted by Gasteiger charge is -2.39. The molecule has 286 valence electrons. The smallest absolute Gasteiger partial charge is 0.295 e. The molecule has 0 aliphatic heterocycles. The van der Waals surface area contributed by atoms with Crippen LogP contribution < -0.4 is 14.2 Å². The first-order valence-corrected chi connectivity index (χ1v) is 18.4. The van der Waals surface area contributed by atoms with Crippen molar-refractivity contribution in [2.24, 2.45) is 0 Å². The third kappa shape index (κ3) is 10.1. The van der Waals surface area contributed by atoms with Gasteiger partial charge in [0, 0.05) is 56.4 Å². The summed E-state index contributed by atoms with van der Waals surface area (Å²) in [6.45, 7) is 4.64. The van der Waals surface area contributed by atoms with E-state index >= 15 is 4.79 Å². The van der Waals surface area contributed by atoms with Crippen LogP contribution in [0.3, 0.4) is 0 Å². The van der Waals surface area contributed by atoms with E-state index in [2.05, 4.69) is 23.8 Å². The Morgan fingerprint density at radius 3 is 1.58 bits per heavy atom. The molecule has 0 saturated heterocycles. The number of amides is 2. The maximum Gasteiger partial charge on any atom is 0.295 e. The molecule has 5 aromatic rings. The van der Waals surface area contributed by atoms with Gasteiger partial charge >= 0.3 is 0 Å². The Balaban J connectivity index is 1.58. The molecule has 0 fully saturated rings. The molecular weight excluding hydrogens is 693 g/mol. The minimum atomic E-state index is -1.01. The highest BCUT2D eigenvalue weighted by Gasteiger charge is 2.38. The number of ketones is 1. The number of hydrogen-bond acceptors (Lipinski definition) is 8. The van der Waals surface area contributed by atoms with E-state index in [0.29, 0.717) is 25.1 Å². The number of hydrogen-bond donors (Lipinski definition) is 0. The van der Waals surface area contributed by atoms with Crippen molar-refractivity contribution in [1.29, 1.82) is 0 Å². The third-order valence-electron chi connectivity index (χ3n) is 10.2. The van der Waals surface area contributed by atoms with E-state index in [9.17, 15) is 9.59 Å². The monoisotopic (exact) mass is 742 g/mol. The quantitative estimate of drug-likeness (QED) is 0.0669. The lowest BCUT2D eigenvalue weighted by Crippen LogP contribution is -2.54. The molecule has 10 nitrogen and oxygen atoms in total. The largest absolute Gasteiger partial charge is 0.493 e. The molecule has 0 saturated carbocycles. The van der Waals surface area contributed by atoms with Crippen molar-refractivity contribution < 1.29 is 28.6 Å². The second-order valence-corrected chi connectivity index (χ2v) is 13.8. The van der Waals surface area contributed by atoms with Gasteiger partial charge in [-0.2, -0.15) is 0 Å². The summed E-state index contributed by atoms with van der Waals surface area (Å²) in [5.74, 6) is -0.970. The Labute approximate surface area is 324 Å². The number of likely N-dealkylation sites (N-methyl/N-ethyl adjacent to an activating group) is 1. The number of methoxy groups -OCH3 is 3. The third-order valence-corrected chi connectivity index (χ3v) is 10.2. The topological polar surface area (TPSA) is 111 Å². The van der Waals surface area contributed by atoms with E-state index in [-0.39, 0.29) is 47.3 Å². The number of carbonyl (C=O) groups is 3. The van der Waals surface area contributed by atoms with Crippen LogP contribution in [0.2, 0.25) is 0 Å². The maximum atomic E-state index is 15.5. The van der Waals surface area contributed by atoms with Gasteiger partial charge in [-0.1, -0.05) is 74.5 Å². The molecule has 0 N–H and O–H groups in total. The number of aromatic nitrogens is 2. The summed E-state index contributed by atoms with van der Waals surface area (Å²) in [4.78, 5) is 55.4. The van der Waals surface area contributed by atoms with Crippen molar-refractivity contribution in [1.82, 2.24) is 19.8 Å². The molecule has 0 aliphatic carbocycles. The fraction of sp³-hybridized carbons (Fsp3) is 0.311. The summed E-state index contributed by atoms with van der Waals surface area (Å²) in [7, 11) is 5.87. The van der Waals surface area contributed by atoms with Crippen LogP contribution in [0.5, 0.6) is 17.2 Å². The summed E-state index contributed by atoms with van der Waals surface area (Å²) < 4.78 is 16.4. The Morgan fingerprint density at radius 1 is 0.655 bits per heavy atom. The summed E-state index contributed by atoms with van der Waals surface area (Å²) in [5, 5.41) is 0. The van der Waals surface area contributed by atoms with Crippen LogP contribution in [0.15, 0.2) is 122 Å². The normalized spacial score (nSPS) is 13.1. The molecule has 3 aromatic carbocycles. The number of pyridine rings is 2. The van der Waals surface area contributed by atoms with Crippen molar-refractivity contribution in [3.8, 4) is 17.2 Å². The van der Waals surface area contributed by atoms with Crippen LogP contribution in [0, 0.1) is 0 Å². The highest BCUT2D eigenvalue weighted by atomic mass is 16.5. The lowest BCUT2D eigenvalue weighted by atomic mass is 9.86. The maximum absolute atomic E-state index is 15.5. The van der Waals surface area contributed by atoms with Crippen LogP contribution in [0.25, 0.3) is 0 Å². The van der Waals surface area contributed by atoms with Gasteiger partial charge in [-0.05, 0) is 83.3 Å². The fourth-order valence-corrected chi connectivity index (χ4v) is 7.05. The zero-order chi connectivity index (χ0) is 39.3. The number of carbonyl (C=O) groups excluding carboxylic acids is 3. The highest BCUT2D eigenvalue weighted by Crippen LogP contribution is 2.38. The molecule has 0 bridgehead atoms. The molecule has 2 unspecified atom stereocenters. The zero-order valence-electron chi connectivity index (χ0n) is 32.4. The number of rotatable bonds is 18. The van der Waals surface area contributed by atoms with Crippen LogP contribution in [0.1, 0.15) is 71.1 Å². The lowest BCUT2D eigenvalue weighted by molar-refractivity contribution is -0.145. The molecule has 55 heavy (non-hydrogen) atoms. The Hall–Kier alpha value is -6.03. The summed E-state index contributed by atoms with van der Waals surface area (Å²) in [6.07, 6.45) is 8.64. The van der Waals surface area contributed by atoms with Crippen LogP contribution >= 0.6 is 0 Å². The van der Waals surface area contributed by atoms with Crippen molar-refractivity contribution in [2.75, 3.05) is 28.4 Å². The van der Waals surface area contributed by atoms with E-state index in [0.717, 1.165) is 22.3 Å². The second kappa shape index (κ2) is 19.3. The van der Waals surface area contributed by atoms with E-state index in [4.69, 9.17) is 14.2 Å². The van der Waals surface area contributed by atoms with Gasteiger partial charge in [0.1, 0.15) is 6.04 Å². The number of nitrogens with zero attached hydrogens (tertiary/aromatic N) is 4. The summed E-state index contributed by atoms with van der Waals surface area (Å²) >= 11 is 0. The molecule has 0 aliphatic rings. The first-order chi connectivity index (χ1) is 26.6. The predicted octanol–water partition coefficient (Wildman–Crippen LogP) is 7.54. The van der Waals surface area contributed by atoms with Gasteiger partial charge in [0.05, 0.1) is 21.3 Å². The van der Waals surface area contributed by atoms with Crippen molar-refractivity contribution >= 4 is 17.6 Å². The van der Waals surface area contributed by atoms with Crippen molar-refractivity contribution in [3.05, 3.63) is 150 Å². The van der Waals surface area contributed by atoms with Crippen molar-refractivity contribution in [3.63, 3.8) is 0 Å². The molecule has 2 aromatic heterocycles. The van der Waals surface area contributed by atoms with Crippen molar-refractivity contribution in [2.45, 2.75) is 63.6 Å². The highest BCUT2D eigenvalue weighted by molar-refractivity contribution is 6.43. The van der Waals surface area contributed by atoms with E-state index in [1.165, 1.54) is 45.4 Å². The Morgan fingerprint density at radius 2 is 1.13 bits per heavy atom. The second-order valence-electron chi connectivity index (χ2n) is 13.8. The van der Waals surface area contributed by atoms with Gasteiger partial charge in [0.2, 0.25) is 11.7 Å². The fourth-order valence-electron chi connectivity index (χ4n) is 7.05. The average Bonchev–Trinajstić information content (AvgIpc) is 3.24. The molecule has 2 heterocycles. The van der Waals surface area contributed by atoms with Gasteiger partial charge in [0.25, 0.3) is 11.7 Å². The standard InChI is InChI=1S/C45H50N4O6/c1-31(35-17-21-46-22-18-35)25-38(26-32(2)36-19-23-47-24-20-36)49(30-34-15-11-8-12-16-34)44(51)39(27-33-13-9-7-10-14-33)48(3)45(52)42(50)37-28-40(53-4)43(55-6)41(29-37)54-5/h7-24,28-29,31-32,38-39H,25-27,30H2,1-6H3/t31?,32?,38?,39-/m0/s1. The first-order valence-electron chi connectivity index (χ1n) is 18.4. The summed E-state index contributed by atoms with van der Waals surface area (Å²) in [5.41, 5.74) is 4.09. The minimum Gasteiger partial charge on any atom is -0.493 e.